The van der Waals surface area contributed by atoms with Gasteiger partial charge in [-0.25, -0.2) is 12.7 Å². The van der Waals surface area contributed by atoms with Crippen LogP contribution in [0.25, 0.3) is 0 Å². The van der Waals surface area contributed by atoms with Crippen LogP contribution in [-0.4, -0.2) is 42.6 Å². The van der Waals surface area contributed by atoms with E-state index in [-0.39, 0.29) is 12.2 Å². The van der Waals surface area contributed by atoms with E-state index in [1.807, 2.05) is 0 Å². The number of sulfonamides is 1. The zero-order valence-corrected chi connectivity index (χ0v) is 8.79. The molecule has 0 bridgehead atoms. The van der Waals surface area contributed by atoms with E-state index in [2.05, 4.69) is 0 Å². The van der Waals surface area contributed by atoms with Crippen LogP contribution < -0.4 is 0 Å². The molecule has 0 radical (unpaired) electrons. The third-order valence-corrected chi connectivity index (χ3v) is 4.15. The number of hydrogen-bond acceptors (Lipinski definition) is 3. The molecule has 1 heterocycles. The molecule has 14 heavy (non-hydrogen) atoms. The summed E-state index contributed by atoms with van der Waals surface area (Å²) in [6.45, 7) is 1.09. The summed E-state index contributed by atoms with van der Waals surface area (Å²) in [4.78, 5) is 10.2. The number of nitrogens with zero attached hydrogens (tertiary/aromatic N) is 1. The van der Waals surface area contributed by atoms with E-state index in [0.29, 0.717) is 13.1 Å². The molecule has 0 unspecified atom stereocenters. The summed E-state index contributed by atoms with van der Waals surface area (Å²) in [5.74, 6) is -1.34. The van der Waals surface area contributed by atoms with Crippen LogP contribution in [-0.2, 0) is 14.8 Å². The Morgan fingerprint density at radius 2 is 1.79 bits per heavy atom. The lowest BCUT2D eigenvalue weighted by Gasteiger charge is -2.25. The molecule has 0 aromatic rings. The third kappa shape index (κ3) is 3.26. The second-order valence-corrected chi connectivity index (χ2v) is 5.51. The highest BCUT2D eigenvalue weighted by molar-refractivity contribution is 7.89. The molecule has 1 aliphatic rings. The molecular weight excluding hydrogens is 206 g/mol. The van der Waals surface area contributed by atoms with Crippen molar-refractivity contribution in [2.75, 3.05) is 18.8 Å². The van der Waals surface area contributed by atoms with Gasteiger partial charge in [0.05, 0.1) is 12.2 Å². The first-order chi connectivity index (χ1) is 6.52. The fraction of sp³-hybridized carbons (Fsp3) is 0.875. The van der Waals surface area contributed by atoms with Crippen molar-refractivity contribution in [1.29, 1.82) is 0 Å². The lowest BCUT2D eigenvalue weighted by atomic mass is 10.2. The normalized spacial score (nSPS) is 19.4. The Bertz CT molecular complexity index is 292. The van der Waals surface area contributed by atoms with Gasteiger partial charge in [-0.15, -0.1) is 0 Å². The molecule has 0 spiro atoms. The Kier molecular flexibility index (Phi) is 3.88. The van der Waals surface area contributed by atoms with Crippen molar-refractivity contribution in [3.63, 3.8) is 0 Å². The van der Waals surface area contributed by atoms with E-state index >= 15 is 0 Å². The van der Waals surface area contributed by atoms with Crippen LogP contribution in [0.3, 0.4) is 0 Å². The summed E-state index contributed by atoms with van der Waals surface area (Å²) in [6.07, 6.45) is 2.52. The highest BCUT2D eigenvalue weighted by Crippen LogP contribution is 2.13. The summed E-state index contributed by atoms with van der Waals surface area (Å²) in [5, 5.41) is 8.39. The van der Waals surface area contributed by atoms with Gasteiger partial charge in [0, 0.05) is 13.1 Å². The number of carboxylic acid groups (broad SMARTS) is 1. The average Bonchev–Trinajstić information content (AvgIpc) is 2.16. The van der Waals surface area contributed by atoms with Gasteiger partial charge < -0.3 is 5.11 Å². The molecule has 0 aromatic carbocycles. The molecular formula is C8H15NO4S. The summed E-state index contributed by atoms with van der Waals surface area (Å²) < 4.78 is 24.5. The molecule has 0 amide bonds. The van der Waals surface area contributed by atoms with E-state index < -0.39 is 16.0 Å². The van der Waals surface area contributed by atoms with Crippen LogP contribution in [0.1, 0.15) is 25.7 Å². The van der Waals surface area contributed by atoms with Gasteiger partial charge in [-0.1, -0.05) is 6.42 Å². The lowest BCUT2D eigenvalue weighted by molar-refractivity contribution is -0.136. The minimum atomic E-state index is -3.33. The Hall–Kier alpha value is -0.620. The molecule has 6 heteroatoms. The highest BCUT2D eigenvalue weighted by atomic mass is 32.2. The number of aliphatic carboxylic acids is 1. The second-order valence-electron chi connectivity index (χ2n) is 3.42. The van der Waals surface area contributed by atoms with Crippen molar-refractivity contribution in [3.05, 3.63) is 0 Å². The van der Waals surface area contributed by atoms with E-state index in [1.165, 1.54) is 4.31 Å². The summed E-state index contributed by atoms with van der Waals surface area (Å²) >= 11 is 0. The standard InChI is InChI=1S/C8H15NO4S/c10-8(11)4-7-14(12,13)9-5-2-1-3-6-9/h1-7H2,(H,10,11). The van der Waals surface area contributed by atoms with Gasteiger partial charge in [-0.2, -0.15) is 0 Å². The van der Waals surface area contributed by atoms with Gasteiger partial charge in [-0.3, -0.25) is 4.79 Å². The van der Waals surface area contributed by atoms with Crippen LogP contribution >= 0.6 is 0 Å². The molecule has 1 N–H and O–H groups in total. The van der Waals surface area contributed by atoms with Crippen molar-refractivity contribution in [2.45, 2.75) is 25.7 Å². The topological polar surface area (TPSA) is 74.7 Å². The van der Waals surface area contributed by atoms with Gasteiger partial charge in [-0.05, 0) is 12.8 Å². The molecule has 1 fully saturated rings. The predicted octanol–water partition coefficient (Wildman–Crippen LogP) is 0.277. The zero-order chi connectivity index (χ0) is 10.6. The third-order valence-electron chi connectivity index (χ3n) is 2.28. The van der Waals surface area contributed by atoms with Gasteiger partial charge in [0.2, 0.25) is 10.0 Å². The maximum atomic E-state index is 11.6. The lowest BCUT2D eigenvalue weighted by Crippen LogP contribution is -2.37. The van der Waals surface area contributed by atoms with Gasteiger partial charge >= 0.3 is 5.97 Å². The van der Waals surface area contributed by atoms with E-state index in [0.717, 1.165) is 19.3 Å². The minimum Gasteiger partial charge on any atom is -0.481 e. The average molecular weight is 221 g/mol. The van der Waals surface area contributed by atoms with Crippen molar-refractivity contribution in [3.8, 4) is 0 Å². The highest BCUT2D eigenvalue weighted by Gasteiger charge is 2.24. The maximum Gasteiger partial charge on any atom is 0.304 e. The fourth-order valence-corrected chi connectivity index (χ4v) is 2.99. The Morgan fingerprint density at radius 1 is 1.21 bits per heavy atom. The molecule has 5 nitrogen and oxygen atoms in total. The van der Waals surface area contributed by atoms with E-state index in [9.17, 15) is 13.2 Å². The largest absolute Gasteiger partial charge is 0.481 e. The van der Waals surface area contributed by atoms with Crippen LogP contribution in [0.15, 0.2) is 0 Å². The molecule has 82 valence electrons. The Balaban J connectivity index is 2.50. The van der Waals surface area contributed by atoms with Crippen LogP contribution in [0.2, 0.25) is 0 Å². The summed E-state index contributed by atoms with van der Waals surface area (Å²) in [5.41, 5.74) is 0. The SMILES string of the molecule is O=C(O)CCS(=O)(=O)N1CCCCC1. The first kappa shape index (κ1) is 11.5. The Morgan fingerprint density at radius 3 is 2.29 bits per heavy atom. The van der Waals surface area contributed by atoms with Crippen molar-refractivity contribution in [2.24, 2.45) is 0 Å². The molecule has 1 rings (SSSR count). The van der Waals surface area contributed by atoms with Crippen molar-refractivity contribution in [1.82, 2.24) is 4.31 Å². The number of piperidine rings is 1. The number of rotatable bonds is 4. The van der Waals surface area contributed by atoms with Gasteiger partial charge in [0.15, 0.2) is 0 Å². The first-order valence-corrected chi connectivity index (χ1v) is 6.33. The summed E-state index contributed by atoms with van der Waals surface area (Å²) in [7, 11) is -3.33. The molecule has 0 saturated carbocycles. The molecule has 0 atom stereocenters. The minimum absolute atomic E-state index is 0.275. The van der Waals surface area contributed by atoms with Gasteiger partial charge in [0.1, 0.15) is 0 Å². The monoisotopic (exact) mass is 221 g/mol. The number of hydrogen-bond donors (Lipinski definition) is 1. The van der Waals surface area contributed by atoms with Crippen LogP contribution in [0.4, 0.5) is 0 Å². The van der Waals surface area contributed by atoms with Crippen molar-refractivity contribution >= 4 is 16.0 Å². The van der Waals surface area contributed by atoms with Crippen molar-refractivity contribution < 1.29 is 18.3 Å². The smallest absolute Gasteiger partial charge is 0.304 e. The first-order valence-electron chi connectivity index (χ1n) is 4.72. The van der Waals surface area contributed by atoms with Gasteiger partial charge in [0.25, 0.3) is 0 Å². The number of carboxylic acids is 1. The Labute approximate surface area is 83.8 Å². The summed E-state index contributed by atoms with van der Waals surface area (Å²) in [6, 6.07) is 0. The molecule has 1 aliphatic heterocycles. The second kappa shape index (κ2) is 4.75. The maximum absolute atomic E-state index is 11.6. The van der Waals surface area contributed by atoms with E-state index in [1.54, 1.807) is 0 Å². The zero-order valence-electron chi connectivity index (χ0n) is 7.98. The fourth-order valence-electron chi connectivity index (χ4n) is 1.49. The number of carbonyl (C=O) groups is 1. The molecule has 0 aromatic heterocycles. The predicted molar refractivity (Wildman–Crippen MR) is 51.5 cm³/mol. The van der Waals surface area contributed by atoms with Crippen LogP contribution in [0.5, 0.6) is 0 Å². The molecule has 0 aliphatic carbocycles. The van der Waals surface area contributed by atoms with Crippen LogP contribution in [0, 0.1) is 0 Å². The quantitative estimate of drug-likeness (QED) is 0.739. The van der Waals surface area contributed by atoms with E-state index in [4.69, 9.17) is 5.11 Å². The molecule has 1 saturated heterocycles.